The average Bonchev–Trinajstić information content (AvgIpc) is 2.47. The Balaban J connectivity index is 0. The van der Waals surface area contributed by atoms with Crippen LogP contribution in [-0.2, 0) is 16.1 Å². The maximum Gasteiger partial charge on any atom is 0.302 e. The molecule has 0 radical (unpaired) electrons. The van der Waals surface area contributed by atoms with Crippen LogP contribution in [0.4, 0.5) is 0 Å². The average molecular weight is 262 g/mol. The summed E-state index contributed by atoms with van der Waals surface area (Å²) in [7, 11) is 0. The third kappa shape index (κ3) is 16.2. The molecule has 0 saturated heterocycles. The van der Waals surface area contributed by atoms with E-state index in [1.165, 1.54) is 32.6 Å². The monoisotopic (exact) mass is 262 g/mol. The number of rotatable bonds is 5. The molecule has 1 aromatic carbocycles. The van der Waals surface area contributed by atoms with Gasteiger partial charge < -0.3 is 4.74 Å². The van der Waals surface area contributed by atoms with Gasteiger partial charge in [0.2, 0.25) is 0 Å². The summed E-state index contributed by atoms with van der Waals surface area (Å²) in [5.41, 5.74) is 1.02. The fourth-order valence-corrected chi connectivity index (χ4v) is 1.26. The van der Waals surface area contributed by atoms with Crippen molar-refractivity contribution in [1.82, 2.24) is 0 Å². The molecule has 1 aromatic rings. The van der Waals surface area contributed by atoms with Gasteiger partial charge in [-0.15, -0.1) is 12.8 Å². The Morgan fingerprint density at radius 3 is 1.89 bits per heavy atom. The van der Waals surface area contributed by atoms with E-state index in [-0.39, 0.29) is 5.97 Å². The van der Waals surface area contributed by atoms with Crippen molar-refractivity contribution in [3.8, 4) is 12.8 Å². The summed E-state index contributed by atoms with van der Waals surface area (Å²) in [4.78, 5) is 10.4. The van der Waals surface area contributed by atoms with Crippen molar-refractivity contribution in [3.05, 3.63) is 35.9 Å². The number of carbonyl (C=O) groups is 1. The molecular formula is C17H26O2. The molecule has 0 aliphatic carbocycles. The SMILES string of the molecule is C#C.CC(=O)OCc1ccccc1.CCCCCC. The summed E-state index contributed by atoms with van der Waals surface area (Å²) in [5, 5.41) is 0. The van der Waals surface area contributed by atoms with Crippen LogP contribution in [0.15, 0.2) is 30.3 Å². The molecule has 0 unspecified atom stereocenters. The van der Waals surface area contributed by atoms with Crippen LogP contribution in [0.3, 0.4) is 0 Å². The summed E-state index contributed by atoms with van der Waals surface area (Å²) >= 11 is 0. The first kappa shape index (κ1) is 19.6. The summed E-state index contributed by atoms with van der Waals surface area (Å²) in [5.74, 6) is -0.242. The highest BCUT2D eigenvalue weighted by Gasteiger charge is 1.93. The molecule has 0 aliphatic rings. The summed E-state index contributed by atoms with van der Waals surface area (Å²) in [6, 6.07) is 9.60. The van der Waals surface area contributed by atoms with E-state index < -0.39 is 0 Å². The third-order valence-corrected chi connectivity index (χ3v) is 2.24. The van der Waals surface area contributed by atoms with Crippen LogP contribution in [0, 0.1) is 12.8 Å². The van der Waals surface area contributed by atoms with Gasteiger partial charge in [-0.1, -0.05) is 69.9 Å². The molecule has 19 heavy (non-hydrogen) atoms. The molecule has 0 atom stereocenters. The Bertz CT molecular complexity index is 311. The van der Waals surface area contributed by atoms with Gasteiger partial charge in [0.1, 0.15) is 6.61 Å². The van der Waals surface area contributed by atoms with Gasteiger partial charge in [-0.25, -0.2) is 0 Å². The fourth-order valence-electron chi connectivity index (χ4n) is 1.26. The predicted octanol–water partition coefficient (Wildman–Crippen LogP) is 4.59. The fraction of sp³-hybridized carbons (Fsp3) is 0.471. The van der Waals surface area contributed by atoms with E-state index in [2.05, 4.69) is 26.7 Å². The van der Waals surface area contributed by atoms with E-state index in [0.717, 1.165) is 5.56 Å². The molecule has 0 saturated carbocycles. The second-order valence-electron chi connectivity index (χ2n) is 3.97. The maximum absolute atomic E-state index is 10.4. The molecule has 1 rings (SSSR count). The van der Waals surface area contributed by atoms with Crippen molar-refractivity contribution >= 4 is 5.97 Å². The van der Waals surface area contributed by atoms with Gasteiger partial charge in [0.05, 0.1) is 0 Å². The Morgan fingerprint density at radius 1 is 1.05 bits per heavy atom. The highest BCUT2D eigenvalue weighted by Crippen LogP contribution is 1.99. The zero-order chi connectivity index (χ0) is 14.9. The van der Waals surface area contributed by atoms with Crippen LogP contribution in [0.5, 0.6) is 0 Å². The van der Waals surface area contributed by atoms with Gasteiger partial charge in [-0.05, 0) is 5.56 Å². The van der Waals surface area contributed by atoms with Gasteiger partial charge in [0.15, 0.2) is 0 Å². The second kappa shape index (κ2) is 16.2. The number of unbranched alkanes of at least 4 members (excludes halogenated alkanes) is 3. The normalized spacial score (nSPS) is 8.26. The Morgan fingerprint density at radius 2 is 1.53 bits per heavy atom. The molecule has 106 valence electrons. The van der Waals surface area contributed by atoms with E-state index in [1.807, 2.05) is 30.3 Å². The van der Waals surface area contributed by atoms with Gasteiger partial charge in [-0.2, -0.15) is 0 Å². The van der Waals surface area contributed by atoms with Crippen molar-refractivity contribution in [3.63, 3.8) is 0 Å². The lowest BCUT2D eigenvalue weighted by Gasteiger charge is -1.99. The van der Waals surface area contributed by atoms with E-state index in [4.69, 9.17) is 4.74 Å². The van der Waals surface area contributed by atoms with Gasteiger partial charge >= 0.3 is 5.97 Å². The predicted molar refractivity (Wildman–Crippen MR) is 81.6 cm³/mol. The minimum atomic E-state index is -0.242. The first-order valence-electron chi connectivity index (χ1n) is 6.71. The van der Waals surface area contributed by atoms with E-state index in [1.54, 1.807) is 0 Å². The summed E-state index contributed by atoms with van der Waals surface area (Å²) < 4.78 is 4.79. The van der Waals surface area contributed by atoms with Crippen LogP contribution >= 0.6 is 0 Å². The lowest BCUT2D eigenvalue weighted by Crippen LogP contribution is -1.97. The van der Waals surface area contributed by atoms with Crippen LogP contribution in [0.1, 0.15) is 52.0 Å². The highest BCUT2D eigenvalue weighted by molar-refractivity contribution is 5.65. The standard InChI is InChI=1S/C9H10O2.C6H14.C2H2/c1-8(10)11-7-9-5-3-2-4-6-9;1-3-5-6-4-2;1-2/h2-6H,7H2,1H3;3-6H2,1-2H3;1-2H. The molecule has 0 N–H and O–H groups in total. The lowest BCUT2D eigenvalue weighted by molar-refractivity contribution is -0.142. The van der Waals surface area contributed by atoms with Crippen molar-refractivity contribution in [2.24, 2.45) is 0 Å². The molecule has 0 heterocycles. The van der Waals surface area contributed by atoms with Crippen LogP contribution in [-0.4, -0.2) is 5.97 Å². The van der Waals surface area contributed by atoms with E-state index >= 15 is 0 Å². The van der Waals surface area contributed by atoms with Crippen LogP contribution in [0.2, 0.25) is 0 Å². The lowest BCUT2D eigenvalue weighted by atomic mass is 10.2. The molecule has 2 heteroatoms. The van der Waals surface area contributed by atoms with Crippen molar-refractivity contribution in [1.29, 1.82) is 0 Å². The van der Waals surface area contributed by atoms with E-state index in [0.29, 0.717) is 6.61 Å². The molecule has 0 fully saturated rings. The van der Waals surface area contributed by atoms with Gasteiger partial charge in [0.25, 0.3) is 0 Å². The largest absolute Gasteiger partial charge is 0.461 e. The summed E-state index contributed by atoms with van der Waals surface area (Å²) in [6.45, 7) is 6.24. The first-order chi connectivity index (χ1) is 9.20. The number of ether oxygens (including phenoxy) is 1. The van der Waals surface area contributed by atoms with E-state index in [9.17, 15) is 4.79 Å². The number of terminal acetylenes is 1. The summed E-state index contributed by atoms with van der Waals surface area (Å²) in [6.07, 6.45) is 13.5. The van der Waals surface area contributed by atoms with Crippen molar-refractivity contribution in [2.45, 2.75) is 53.1 Å². The van der Waals surface area contributed by atoms with Crippen LogP contribution < -0.4 is 0 Å². The van der Waals surface area contributed by atoms with Crippen molar-refractivity contribution in [2.75, 3.05) is 0 Å². The zero-order valence-electron chi connectivity index (χ0n) is 12.4. The number of hydrogen-bond donors (Lipinski definition) is 0. The molecule has 0 amide bonds. The number of carbonyl (C=O) groups excluding carboxylic acids is 1. The molecule has 0 aliphatic heterocycles. The smallest absolute Gasteiger partial charge is 0.302 e. The van der Waals surface area contributed by atoms with Crippen molar-refractivity contribution < 1.29 is 9.53 Å². The minimum absolute atomic E-state index is 0.242. The number of hydrogen-bond acceptors (Lipinski definition) is 2. The molecule has 0 aromatic heterocycles. The Hall–Kier alpha value is -1.75. The van der Waals surface area contributed by atoms with Crippen LogP contribution in [0.25, 0.3) is 0 Å². The van der Waals surface area contributed by atoms with Gasteiger partial charge in [-0.3, -0.25) is 4.79 Å². The Kier molecular flexibility index (Phi) is 16.8. The van der Waals surface area contributed by atoms with Gasteiger partial charge in [0, 0.05) is 6.92 Å². The third-order valence-electron chi connectivity index (χ3n) is 2.24. The first-order valence-corrected chi connectivity index (χ1v) is 6.71. The second-order valence-corrected chi connectivity index (χ2v) is 3.97. The number of benzene rings is 1. The quantitative estimate of drug-likeness (QED) is 0.441. The molecule has 0 spiro atoms. The number of esters is 1. The maximum atomic E-state index is 10.4. The zero-order valence-corrected chi connectivity index (χ0v) is 12.4. The topological polar surface area (TPSA) is 26.3 Å². The minimum Gasteiger partial charge on any atom is -0.461 e. The molecule has 0 bridgehead atoms. The molecular weight excluding hydrogens is 236 g/mol. The highest BCUT2D eigenvalue weighted by atomic mass is 16.5. The Labute approximate surface area is 118 Å². The molecule has 2 nitrogen and oxygen atoms in total.